The van der Waals surface area contributed by atoms with E-state index in [9.17, 15) is 0 Å². The van der Waals surface area contributed by atoms with Crippen molar-refractivity contribution in [1.29, 1.82) is 0 Å². The maximum absolute atomic E-state index is 8.12. The number of benzene rings is 2. The zero-order valence-electron chi connectivity index (χ0n) is 14.9. The van der Waals surface area contributed by atoms with Gasteiger partial charge in [-0.2, -0.15) is 4.57 Å². The molecular weight excluding hydrogens is 254 g/mol. The number of aryl methyl sites for hydroxylation is 1. The molecule has 1 aromatic heterocycles. The maximum atomic E-state index is 8.12. The minimum atomic E-state index is -2.17. The Morgan fingerprint density at radius 2 is 1.62 bits per heavy atom. The fraction of sp³-hybridized carbons (Fsp3) is 0.150. The van der Waals surface area contributed by atoms with Gasteiger partial charge in [0.1, 0.15) is 0 Å². The maximum Gasteiger partial charge on any atom is 0.213 e. The van der Waals surface area contributed by atoms with Crippen molar-refractivity contribution in [2.24, 2.45) is 0 Å². The SMILES string of the molecule is [2H]C([2H])([2H])c1c(-c2ccccc2C)ccc2[n+]1Cc1ccccc1-2. The predicted molar refractivity (Wildman–Crippen MR) is 86.1 cm³/mol. The lowest BCUT2D eigenvalue weighted by Gasteiger charge is -2.08. The molecule has 0 aliphatic carbocycles. The van der Waals surface area contributed by atoms with E-state index in [0.717, 1.165) is 27.9 Å². The molecule has 102 valence electrons. The highest BCUT2D eigenvalue weighted by atomic mass is 15.0. The number of fused-ring (bicyclic) bond motifs is 3. The molecule has 0 spiro atoms. The molecule has 21 heavy (non-hydrogen) atoms. The highest BCUT2D eigenvalue weighted by molar-refractivity contribution is 5.71. The van der Waals surface area contributed by atoms with Crippen molar-refractivity contribution < 1.29 is 8.68 Å². The van der Waals surface area contributed by atoms with Gasteiger partial charge in [-0.1, -0.05) is 42.5 Å². The van der Waals surface area contributed by atoms with Crippen LogP contribution in [0.15, 0.2) is 60.7 Å². The van der Waals surface area contributed by atoms with Gasteiger partial charge >= 0.3 is 0 Å². The van der Waals surface area contributed by atoms with Crippen molar-refractivity contribution in [1.82, 2.24) is 0 Å². The Bertz CT molecular complexity index is 942. The molecule has 0 N–H and O–H groups in total. The Balaban J connectivity index is 2.02. The first-order valence-corrected chi connectivity index (χ1v) is 7.18. The van der Waals surface area contributed by atoms with E-state index in [4.69, 9.17) is 4.11 Å². The van der Waals surface area contributed by atoms with E-state index in [1.54, 1.807) is 0 Å². The topological polar surface area (TPSA) is 3.88 Å². The summed E-state index contributed by atoms with van der Waals surface area (Å²) < 4.78 is 26.3. The third kappa shape index (κ3) is 1.81. The Morgan fingerprint density at radius 1 is 0.857 bits per heavy atom. The third-order valence-electron chi connectivity index (χ3n) is 4.28. The second kappa shape index (κ2) is 4.56. The van der Waals surface area contributed by atoms with Crippen LogP contribution in [0.1, 0.15) is 20.9 Å². The third-order valence-corrected chi connectivity index (χ3v) is 4.28. The van der Waals surface area contributed by atoms with Gasteiger partial charge in [0, 0.05) is 28.2 Å². The van der Waals surface area contributed by atoms with Gasteiger partial charge in [0.15, 0.2) is 12.2 Å². The van der Waals surface area contributed by atoms with Crippen molar-refractivity contribution in [2.75, 3.05) is 0 Å². The quantitative estimate of drug-likeness (QED) is 0.456. The summed E-state index contributed by atoms with van der Waals surface area (Å²) in [5.41, 5.74) is 6.56. The van der Waals surface area contributed by atoms with Crippen LogP contribution in [0.5, 0.6) is 0 Å². The molecule has 4 rings (SSSR count). The first-order valence-electron chi connectivity index (χ1n) is 8.68. The van der Waals surface area contributed by atoms with Crippen molar-refractivity contribution in [3.8, 4) is 22.4 Å². The molecular formula is C20H18N+. The zero-order chi connectivity index (χ0) is 16.9. The van der Waals surface area contributed by atoms with E-state index in [2.05, 4.69) is 12.1 Å². The molecule has 0 bridgehead atoms. The number of nitrogens with zero attached hydrogens (tertiary/aromatic N) is 1. The molecule has 2 heterocycles. The lowest BCUT2D eigenvalue weighted by molar-refractivity contribution is -0.677. The number of aromatic nitrogens is 1. The highest BCUT2D eigenvalue weighted by Gasteiger charge is 2.28. The fourth-order valence-electron chi connectivity index (χ4n) is 3.17. The predicted octanol–water partition coefficient (Wildman–Crippen LogP) is 4.29. The largest absolute Gasteiger partial charge is 0.213 e. The van der Waals surface area contributed by atoms with Crippen molar-refractivity contribution in [2.45, 2.75) is 20.3 Å². The smallest absolute Gasteiger partial charge is 0.191 e. The van der Waals surface area contributed by atoms with E-state index < -0.39 is 6.85 Å². The normalized spacial score (nSPS) is 14.8. The fourth-order valence-corrected chi connectivity index (χ4v) is 3.17. The van der Waals surface area contributed by atoms with E-state index in [1.807, 2.05) is 60.0 Å². The van der Waals surface area contributed by atoms with Gasteiger partial charge in [-0.25, -0.2) is 0 Å². The second-order valence-electron chi connectivity index (χ2n) is 5.54. The second-order valence-corrected chi connectivity index (χ2v) is 5.54. The summed E-state index contributed by atoms with van der Waals surface area (Å²) in [6, 6.07) is 20.1. The van der Waals surface area contributed by atoms with Gasteiger partial charge in [-0.15, -0.1) is 0 Å². The standard InChI is InChI=1S/C20H18N/c1-14-7-3-5-9-17(14)18-11-12-20-19-10-6-4-8-16(19)13-21(20)15(18)2/h3-12H,13H2,1-2H3/q+1/i2D3. The summed E-state index contributed by atoms with van der Waals surface area (Å²) >= 11 is 0. The Morgan fingerprint density at radius 3 is 2.43 bits per heavy atom. The molecule has 3 aromatic rings. The van der Waals surface area contributed by atoms with Crippen LogP contribution in [0.2, 0.25) is 0 Å². The van der Waals surface area contributed by atoms with E-state index in [1.165, 1.54) is 5.56 Å². The van der Waals surface area contributed by atoms with Gasteiger partial charge in [0.25, 0.3) is 0 Å². The van der Waals surface area contributed by atoms with Crippen molar-refractivity contribution in [3.63, 3.8) is 0 Å². The molecule has 0 saturated heterocycles. The molecule has 1 aliphatic heterocycles. The van der Waals surface area contributed by atoms with E-state index in [0.29, 0.717) is 12.2 Å². The summed E-state index contributed by atoms with van der Waals surface area (Å²) in [6.07, 6.45) is 0. The summed E-state index contributed by atoms with van der Waals surface area (Å²) in [7, 11) is 0. The molecule has 0 amide bonds. The van der Waals surface area contributed by atoms with Crippen LogP contribution in [0, 0.1) is 13.8 Å². The van der Waals surface area contributed by atoms with Crippen LogP contribution in [0.4, 0.5) is 0 Å². The lowest BCUT2D eigenvalue weighted by Crippen LogP contribution is -2.36. The van der Waals surface area contributed by atoms with Gasteiger partial charge < -0.3 is 0 Å². The van der Waals surface area contributed by atoms with Gasteiger partial charge in [0.05, 0.1) is 5.56 Å². The molecule has 0 fully saturated rings. The molecule has 0 saturated carbocycles. The van der Waals surface area contributed by atoms with Crippen LogP contribution >= 0.6 is 0 Å². The van der Waals surface area contributed by atoms with Crippen molar-refractivity contribution >= 4 is 0 Å². The molecule has 1 nitrogen and oxygen atoms in total. The molecule has 1 aliphatic rings. The molecule has 0 atom stereocenters. The number of hydrogen-bond donors (Lipinski definition) is 0. The van der Waals surface area contributed by atoms with Gasteiger partial charge in [-0.3, -0.25) is 0 Å². The number of hydrogen-bond acceptors (Lipinski definition) is 0. The van der Waals surface area contributed by atoms with Gasteiger partial charge in [0.2, 0.25) is 5.69 Å². The minimum Gasteiger partial charge on any atom is -0.191 e. The number of rotatable bonds is 1. The molecule has 2 aromatic carbocycles. The van der Waals surface area contributed by atoms with Crippen LogP contribution in [0.3, 0.4) is 0 Å². The summed E-state index contributed by atoms with van der Waals surface area (Å²) in [4.78, 5) is 0. The summed E-state index contributed by atoms with van der Waals surface area (Å²) in [5, 5.41) is 0. The molecule has 1 heteroatoms. The Kier molecular flexibility index (Phi) is 2.06. The Hall–Kier alpha value is -2.41. The first kappa shape index (κ1) is 9.51. The van der Waals surface area contributed by atoms with Crippen LogP contribution < -0.4 is 4.57 Å². The van der Waals surface area contributed by atoms with Crippen LogP contribution in [-0.4, -0.2) is 0 Å². The number of pyridine rings is 1. The monoisotopic (exact) mass is 275 g/mol. The van der Waals surface area contributed by atoms with E-state index in [-0.39, 0.29) is 0 Å². The lowest BCUT2D eigenvalue weighted by atomic mass is 9.98. The zero-order valence-corrected chi connectivity index (χ0v) is 11.9. The molecule has 0 radical (unpaired) electrons. The van der Waals surface area contributed by atoms with Gasteiger partial charge in [-0.05, 0) is 30.2 Å². The Labute approximate surface area is 129 Å². The molecule has 0 unspecified atom stereocenters. The summed E-state index contributed by atoms with van der Waals surface area (Å²) in [6.45, 7) is 0.458. The van der Waals surface area contributed by atoms with E-state index >= 15 is 0 Å². The van der Waals surface area contributed by atoms with Crippen LogP contribution in [0.25, 0.3) is 22.4 Å². The average Bonchev–Trinajstić information content (AvgIpc) is 2.92. The average molecular weight is 275 g/mol. The first-order chi connectivity index (χ1) is 11.5. The van der Waals surface area contributed by atoms with Crippen molar-refractivity contribution in [3.05, 3.63) is 77.5 Å². The highest BCUT2D eigenvalue weighted by Crippen LogP contribution is 2.31. The summed E-state index contributed by atoms with van der Waals surface area (Å²) in [5.74, 6) is 0. The van der Waals surface area contributed by atoms with Crippen LogP contribution in [-0.2, 0) is 6.54 Å². The minimum absolute atomic E-state index is 0.422.